The summed E-state index contributed by atoms with van der Waals surface area (Å²) in [5.41, 5.74) is 12.2. The number of aryl methyl sites for hydroxylation is 4. The normalized spacial score (nSPS) is 12.7. The predicted molar refractivity (Wildman–Crippen MR) is 210 cm³/mol. The number of hydrogen-bond acceptors (Lipinski definition) is 1. The lowest BCUT2D eigenvalue weighted by Gasteiger charge is -2.09. The van der Waals surface area contributed by atoms with Gasteiger partial charge in [0, 0.05) is 115 Å². The van der Waals surface area contributed by atoms with Gasteiger partial charge in [-0.05, 0) is 70.8 Å². The van der Waals surface area contributed by atoms with E-state index in [0.29, 0.717) is 6.54 Å². The molecular formula is C46H42N8O2+4. The molecule has 0 aliphatic carbocycles. The van der Waals surface area contributed by atoms with Crippen molar-refractivity contribution in [1.82, 2.24) is 19.9 Å². The van der Waals surface area contributed by atoms with Gasteiger partial charge in [0.1, 0.15) is 27.6 Å². The van der Waals surface area contributed by atoms with Gasteiger partial charge in [-0.1, -0.05) is 0 Å². The molecule has 10 heteroatoms. The molecule has 8 aromatic heterocycles. The molecule has 8 aromatic rings. The third-order valence-corrected chi connectivity index (χ3v) is 10.5. The molecule has 0 radical (unpaired) electrons. The summed E-state index contributed by atoms with van der Waals surface area (Å²) in [6, 6.07) is 34.2. The third kappa shape index (κ3) is 6.58. The highest BCUT2D eigenvalue weighted by atomic mass is 16.4. The first kappa shape index (κ1) is 34.4. The number of carboxylic acid groups (broad SMARTS) is 1. The standard InChI is InChI=1S/C46H38N8O2/c1-51-21-12-30(13-22-51)43-34-4-6-36(47-34)44(31-14-23-52(2)24-15-31)38-8-10-40(49-38)46(33-18-27-54(28-19-33)29-20-42(55)56)41-11-9-39(50-41)45(37-7-5-35(43)48-37)32-16-25-53(3)26-17-32/h4-19,21-28H,20,29H2,1-3H3,(H-2,47,48,49,50,55,56)/p+4. The summed E-state index contributed by atoms with van der Waals surface area (Å²) in [6.07, 6.45) is 16.4. The van der Waals surface area contributed by atoms with Crippen molar-refractivity contribution in [1.29, 1.82) is 0 Å². The first-order valence-corrected chi connectivity index (χ1v) is 18.6. The van der Waals surface area contributed by atoms with E-state index in [1.165, 1.54) is 0 Å². The lowest BCUT2D eigenvalue weighted by molar-refractivity contribution is -0.696. The van der Waals surface area contributed by atoms with Crippen molar-refractivity contribution in [3.8, 4) is 0 Å². The Morgan fingerprint density at radius 2 is 0.714 bits per heavy atom. The maximum atomic E-state index is 11.3. The number of pyridine rings is 4. The van der Waals surface area contributed by atoms with Gasteiger partial charge >= 0.3 is 5.97 Å². The van der Waals surface area contributed by atoms with Crippen LogP contribution in [0.1, 0.15) is 51.5 Å². The lowest BCUT2D eigenvalue weighted by Crippen LogP contribution is -2.34. The Balaban J connectivity index is 1.38. The molecule has 0 spiro atoms. The van der Waals surface area contributed by atoms with Crippen LogP contribution in [0, 0.1) is 0 Å². The van der Waals surface area contributed by atoms with E-state index >= 15 is 0 Å². The fourth-order valence-electron chi connectivity index (χ4n) is 7.57. The maximum Gasteiger partial charge on any atom is 0.309 e. The van der Waals surface area contributed by atoms with Gasteiger partial charge in [0.15, 0.2) is 56.1 Å². The third-order valence-electron chi connectivity index (χ3n) is 10.5. The minimum absolute atomic E-state index is 0.0527. The molecule has 0 saturated heterocycles. The Morgan fingerprint density at radius 1 is 0.429 bits per heavy atom. The molecule has 56 heavy (non-hydrogen) atoms. The summed E-state index contributed by atoms with van der Waals surface area (Å²) in [5.74, 6) is -0.823. The average Bonchev–Trinajstić information content (AvgIpc) is 4.04. The number of aliphatic carboxylic acids is 1. The molecule has 0 amide bonds. The number of carbonyl (C=O) groups is 1. The molecule has 0 atom stereocenters. The molecule has 0 aromatic carbocycles. The van der Waals surface area contributed by atoms with Crippen LogP contribution in [0.2, 0.25) is 0 Å². The Bertz CT molecular complexity index is 3000. The monoisotopic (exact) mass is 738 g/mol. The van der Waals surface area contributed by atoms with Crippen LogP contribution in [0.4, 0.5) is 0 Å². The molecule has 5 N–H and O–H groups in total. The number of H-pyrrole nitrogens is 4. The molecule has 0 unspecified atom stereocenters. The molecular weight excluding hydrogens is 697 g/mol. The number of carboxylic acids is 1. The molecule has 9 heterocycles. The summed E-state index contributed by atoms with van der Waals surface area (Å²) in [4.78, 5) is 26.7. The molecule has 9 rings (SSSR count). The van der Waals surface area contributed by atoms with Crippen LogP contribution in [0.25, 0.3) is 22.3 Å². The van der Waals surface area contributed by atoms with E-state index < -0.39 is 5.97 Å². The number of aromatic amines is 4. The molecule has 10 nitrogen and oxygen atoms in total. The largest absolute Gasteiger partial charge is 0.481 e. The van der Waals surface area contributed by atoms with Crippen LogP contribution < -0.4 is 39.7 Å². The summed E-state index contributed by atoms with van der Waals surface area (Å²) in [7, 11) is 6.08. The van der Waals surface area contributed by atoms with Gasteiger partial charge < -0.3 is 25.0 Å². The van der Waals surface area contributed by atoms with Crippen molar-refractivity contribution in [2.75, 3.05) is 0 Å². The maximum absolute atomic E-state index is 11.3. The van der Waals surface area contributed by atoms with E-state index in [9.17, 15) is 9.90 Å². The van der Waals surface area contributed by atoms with Crippen molar-refractivity contribution in [2.24, 2.45) is 21.1 Å². The van der Waals surface area contributed by atoms with E-state index in [4.69, 9.17) is 0 Å². The topological polar surface area (TPSA) is 116 Å². The average molecular weight is 739 g/mol. The summed E-state index contributed by atoms with van der Waals surface area (Å²) >= 11 is 0. The van der Waals surface area contributed by atoms with Gasteiger partial charge in [-0.15, -0.1) is 0 Å². The van der Waals surface area contributed by atoms with Gasteiger partial charge in [0.05, 0.1) is 0 Å². The molecule has 1 aliphatic heterocycles. The molecule has 1 aliphatic rings. The first-order chi connectivity index (χ1) is 27.3. The number of rotatable bonds is 7. The first-order valence-electron chi connectivity index (χ1n) is 18.6. The number of aromatic nitrogens is 8. The molecule has 0 saturated carbocycles. The minimum Gasteiger partial charge on any atom is -0.481 e. The van der Waals surface area contributed by atoms with Crippen molar-refractivity contribution in [3.05, 3.63) is 213 Å². The van der Waals surface area contributed by atoms with Crippen LogP contribution in [-0.2, 0) is 32.5 Å². The predicted octanol–water partition coefficient (Wildman–Crippen LogP) is 1.54. The Hall–Kier alpha value is -7.33. The SMILES string of the molecule is C[n+]1ccc(C2=c3ccc([nH]3)=C(c3cc[n+](C)cc3)c3ccc([nH]3)C(c3cc[n+](CCC(=O)O)cc3)=c3ccc([nH]3)=C(c3cc[n+](C)cc3)c3ccc2[nH]3)cc1. The van der Waals surface area contributed by atoms with Crippen molar-refractivity contribution < 1.29 is 28.2 Å². The number of hydrogen-bond donors (Lipinski definition) is 5. The molecule has 8 bridgehead atoms. The van der Waals surface area contributed by atoms with E-state index in [1.54, 1.807) is 0 Å². The number of nitrogens with zero attached hydrogens (tertiary/aromatic N) is 4. The van der Waals surface area contributed by atoms with E-state index in [0.717, 1.165) is 88.7 Å². The second kappa shape index (κ2) is 14.1. The van der Waals surface area contributed by atoms with Crippen LogP contribution in [-0.4, -0.2) is 31.0 Å². The zero-order valence-corrected chi connectivity index (χ0v) is 31.4. The van der Waals surface area contributed by atoms with E-state index in [2.05, 4.69) is 154 Å². The zero-order chi connectivity index (χ0) is 38.3. The molecule has 274 valence electrons. The summed E-state index contributed by atoms with van der Waals surface area (Å²) < 4.78 is 8.03. The highest BCUT2D eigenvalue weighted by molar-refractivity contribution is 5.84. The van der Waals surface area contributed by atoms with Crippen LogP contribution in [0.3, 0.4) is 0 Å². The van der Waals surface area contributed by atoms with E-state index in [-0.39, 0.29) is 6.42 Å². The number of nitrogens with one attached hydrogen (secondary N) is 4. The quantitative estimate of drug-likeness (QED) is 0.160. The smallest absolute Gasteiger partial charge is 0.309 e. The van der Waals surface area contributed by atoms with Gasteiger partial charge in [-0.25, -0.2) is 18.3 Å². The van der Waals surface area contributed by atoms with E-state index in [1.807, 2.05) is 51.8 Å². The van der Waals surface area contributed by atoms with Crippen molar-refractivity contribution in [3.63, 3.8) is 0 Å². The minimum atomic E-state index is -0.823. The summed E-state index contributed by atoms with van der Waals surface area (Å²) in [6.45, 7) is 0.392. The highest BCUT2D eigenvalue weighted by Crippen LogP contribution is 2.27. The Labute approximate surface area is 322 Å². The lowest BCUT2D eigenvalue weighted by atomic mass is 10.0. The van der Waals surface area contributed by atoms with Gasteiger partial charge in [0.25, 0.3) is 0 Å². The zero-order valence-electron chi connectivity index (χ0n) is 31.4. The Morgan fingerprint density at radius 3 is 1.00 bits per heavy atom. The fraction of sp³-hybridized carbons (Fsp3) is 0.109. The van der Waals surface area contributed by atoms with Crippen LogP contribution >= 0.6 is 0 Å². The van der Waals surface area contributed by atoms with Crippen LogP contribution in [0.5, 0.6) is 0 Å². The van der Waals surface area contributed by atoms with Crippen molar-refractivity contribution >= 4 is 28.3 Å². The highest BCUT2D eigenvalue weighted by Gasteiger charge is 2.20. The van der Waals surface area contributed by atoms with Gasteiger partial charge in [0.2, 0.25) is 0 Å². The van der Waals surface area contributed by atoms with Gasteiger partial charge in [-0.2, -0.15) is 0 Å². The summed E-state index contributed by atoms with van der Waals surface area (Å²) in [5, 5.41) is 13.2. The second-order valence-electron chi connectivity index (χ2n) is 14.4. The van der Waals surface area contributed by atoms with Crippen LogP contribution in [0.15, 0.2) is 147 Å². The molecule has 0 fully saturated rings. The van der Waals surface area contributed by atoms with Crippen molar-refractivity contribution in [2.45, 2.75) is 13.0 Å². The number of fused-ring (bicyclic) bond motifs is 8. The fourth-order valence-corrected chi connectivity index (χ4v) is 7.57. The van der Waals surface area contributed by atoms with Gasteiger partial charge in [-0.3, -0.25) is 4.79 Å². The Kier molecular flexibility index (Phi) is 8.70. The second-order valence-corrected chi connectivity index (χ2v) is 14.4.